The number of pyridine rings is 1. The Bertz CT molecular complexity index is 1330. The molecule has 2 aromatic heterocycles. The number of aryl methyl sites for hydroxylation is 1. The molecule has 0 saturated carbocycles. The van der Waals surface area contributed by atoms with E-state index in [0.29, 0.717) is 29.4 Å². The number of amides is 1. The van der Waals surface area contributed by atoms with Gasteiger partial charge >= 0.3 is 6.18 Å². The summed E-state index contributed by atoms with van der Waals surface area (Å²) >= 11 is 0. The van der Waals surface area contributed by atoms with E-state index in [0.717, 1.165) is 18.4 Å². The van der Waals surface area contributed by atoms with Crippen LogP contribution in [0.2, 0.25) is 0 Å². The molecule has 0 spiro atoms. The van der Waals surface area contributed by atoms with Gasteiger partial charge in [-0.25, -0.2) is 13.4 Å². The highest BCUT2D eigenvalue weighted by atomic mass is 32.2. The van der Waals surface area contributed by atoms with Crippen molar-refractivity contribution in [2.24, 2.45) is 5.73 Å². The number of hydrogen-bond acceptors (Lipinski definition) is 6. The van der Waals surface area contributed by atoms with E-state index < -0.39 is 38.9 Å². The number of carbonyl (C=O) groups excluding carboxylic acids is 1. The number of primary amides is 1. The van der Waals surface area contributed by atoms with Crippen molar-refractivity contribution in [2.45, 2.75) is 38.6 Å². The number of nitrogens with two attached hydrogens (primary N) is 1. The van der Waals surface area contributed by atoms with Crippen LogP contribution in [0.4, 0.5) is 13.2 Å². The predicted octanol–water partition coefficient (Wildman–Crippen LogP) is 2.88. The Morgan fingerprint density at radius 3 is 2.39 bits per heavy atom. The lowest BCUT2D eigenvalue weighted by Gasteiger charge is -2.23. The molecule has 0 aliphatic carbocycles. The minimum absolute atomic E-state index is 0.0113. The van der Waals surface area contributed by atoms with Crippen molar-refractivity contribution in [1.82, 2.24) is 14.8 Å². The lowest BCUT2D eigenvalue weighted by atomic mass is 9.87. The van der Waals surface area contributed by atoms with Crippen LogP contribution in [0.5, 0.6) is 0 Å². The van der Waals surface area contributed by atoms with Crippen LogP contribution < -0.4 is 5.73 Å². The first-order chi connectivity index (χ1) is 15.1. The maximum atomic E-state index is 13.1. The van der Waals surface area contributed by atoms with Crippen molar-refractivity contribution < 1.29 is 31.5 Å². The Morgan fingerprint density at radius 1 is 1.18 bits per heavy atom. The highest BCUT2D eigenvalue weighted by molar-refractivity contribution is 7.90. The zero-order valence-corrected chi connectivity index (χ0v) is 19.0. The minimum Gasteiger partial charge on any atom is -0.386 e. The summed E-state index contributed by atoms with van der Waals surface area (Å²) in [6.07, 6.45) is -1.63. The Kier molecular flexibility index (Phi) is 6.28. The van der Waals surface area contributed by atoms with Crippen molar-refractivity contribution >= 4 is 26.6 Å². The van der Waals surface area contributed by atoms with E-state index in [1.165, 1.54) is 13.8 Å². The number of aliphatic hydroxyl groups is 1. The maximum Gasteiger partial charge on any atom is 0.433 e. The SMILES string of the molecule is CC(C)(O)c1cc2nn(CCCS(C)(=O)=O)cc2cc1-c1ccc(C(F)(F)F)nc1C(N)=O. The van der Waals surface area contributed by atoms with Gasteiger partial charge in [0, 0.05) is 29.9 Å². The van der Waals surface area contributed by atoms with E-state index in [1.807, 2.05) is 0 Å². The third-order valence-corrected chi connectivity index (χ3v) is 5.99. The second kappa shape index (κ2) is 8.41. The summed E-state index contributed by atoms with van der Waals surface area (Å²) in [6.45, 7) is 3.30. The Balaban J connectivity index is 2.16. The van der Waals surface area contributed by atoms with Crippen molar-refractivity contribution in [2.75, 3.05) is 12.0 Å². The number of sulfone groups is 1. The first-order valence-corrected chi connectivity index (χ1v) is 11.9. The van der Waals surface area contributed by atoms with Gasteiger partial charge in [-0.15, -0.1) is 0 Å². The molecule has 3 rings (SSSR count). The lowest BCUT2D eigenvalue weighted by molar-refractivity contribution is -0.141. The predicted molar refractivity (Wildman–Crippen MR) is 116 cm³/mol. The van der Waals surface area contributed by atoms with Crippen LogP contribution >= 0.6 is 0 Å². The number of halogens is 3. The van der Waals surface area contributed by atoms with E-state index in [1.54, 1.807) is 23.0 Å². The van der Waals surface area contributed by atoms with Crippen LogP contribution in [0, 0.1) is 0 Å². The first-order valence-electron chi connectivity index (χ1n) is 9.86. The molecule has 1 amide bonds. The second-order valence-corrected chi connectivity index (χ2v) is 10.6. The zero-order valence-electron chi connectivity index (χ0n) is 18.1. The topological polar surface area (TPSA) is 128 Å². The highest BCUT2D eigenvalue weighted by Crippen LogP contribution is 2.37. The fourth-order valence-corrected chi connectivity index (χ4v) is 4.13. The average Bonchev–Trinajstić information content (AvgIpc) is 3.05. The number of hydrogen-bond donors (Lipinski definition) is 2. The van der Waals surface area contributed by atoms with Gasteiger partial charge in [0.25, 0.3) is 5.91 Å². The zero-order chi connectivity index (χ0) is 24.8. The number of alkyl halides is 3. The van der Waals surface area contributed by atoms with Crippen molar-refractivity contribution in [3.63, 3.8) is 0 Å². The highest BCUT2D eigenvalue weighted by Gasteiger charge is 2.34. The molecule has 0 atom stereocenters. The second-order valence-electron chi connectivity index (χ2n) is 8.35. The molecule has 0 unspecified atom stereocenters. The molecule has 12 heteroatoms. The largest absolute Gasteiger partial charge is 0.433 e. The fourth-order valence-electron chi connectivity index (χ4n) is 3.48. The summed E-state index contributed by atoms with van der Waals surface area (Å²) < 4.78 is 63.6. The first kappa shape index (κ1) is 24.6. The normalized spacial score (nSPS) is 12.9. The van der Waals surface area contributed by atoms with Crippen LogP contribution in [0.15, 0.2) is 30.5 Å². The number of fused-ring (bicyclic) bond motifs is 1. The van der Waals surface area contributed by atoms with Gasteiger partial charge in [-0.05, 0) is 55.7 Å². The van der Waals surface area contributed by atoms with Gasteiger partial charge < -0.3 is 10.8 Å². The molecule has 0 saturated heterocycles. The van der Waals surface area contributed by atoms with E-state index in [2.05, 4.69) is 10.1 Å². The van der Waals surface area contributed by atoms with Crippen LogP contribution in [0.1, 0.15) is 42.0 Å². The number of carbonyl (C=O) groups is 1. The Labute approximate surface area is 188 Å². The summed E-state index contributed by atoms with van der Waals surface area (Å²) in [5, 5.41) is 15.7. The summed E-state index contributed by atoms with van der Waals surface area (Å²) in [5.41, 5.74) is 3.16. The van der Waals surface area contributed by atoms with Gasteiger partial charge in [-0.1, -0.05) is 0 Å². The molecule has 2 heterocycles. The van der Waals surface area contributed by atoms with Gasteiger partial charge in [-0.2, -0.15) is 18.3 Å². The Hall–Kier alpha value is -2.99. The quantitative estimate of drug-likeness (QED) is 0.531. The number of aromatic nitrogens is 3. The summed E-state index contributed by atoms with van der Waals surface area (Å²) in [7, 11) is -3.13. The van der Waals surface area contributed by atoms with Crippen LogP contribution in [0.25, 0.3) is 22.0 Å². The molecule has 0 bridgehead atoms. The van der Waals surface area contributed by atoms with Crippen molar-refractivity contribution in [3.8, 4) is 11.1 Å². The maximum absolute atomic E-state index is 13.1. The van der Waals surface area contributed by atoms with Crippen LogP contribution in [-0.2, 0) is 28.2 Å². The van der Waals surface area contributed by atoms with E-state index >= 15 is 0 Å². The molecule has 0 fully saturated rings. The summed E-state index contributed by atoms with van der Waals surface area (Å²) in [4.78, 5) is 15.4. The van der Waals surface area contributed by atoms with Gasteiger partial charge in [0.15, 0.2) is 0 Å². The van der Waals surface area contributed by atoms with Gasteiger partial charge in [0.2, 0.25) is 0 Å². The molecule has 3 aromatic rings. The molecule has 0 aliphatic heterocycles. The van der Waals surface area contributed by atoms with E-state index in [-0.39, 0.29) is 16.9 Å². The monoisotopic (exact) mass is 484 g/mol. The van der Waals surface area contributed by atoms with Crippen molar-refractivity contribution in [1.29, 1.82) is 0 Å². The summed E-state index contributed by atoms with van der Waals surface area (Å²) in [6, 6.07) is 5.00. The van der Waals surface area contributed by atoms with Gasteiger partial charge in [0.05, 0.1) is 16.9 Å². The van der Waals surface area contributed by atoms with Crippen molar-refractivity contribution in [3.05, 3.63) is 47.4 Å². The average molecular weight is 485 g/mol. The number of nitrogens with zero attached hydrogens (tertiary/aromatic N) is 3. The number of benzene rings is 1. The molecule has 8 nitrogen and oxygen atoms in total. The molecule has 3 N–H and O–H groups in total. The third-order valence-electron chi connectivity index (χ3n) is 4.96. The number of rotatable bonds is 7. The molecule has 1 aromatic carbocycles. The van der Waals surface area contributed by atoms with Crippen LogP contribution in [-0.4, -0.2) is 46.2 Å². The molecule has 178 valence electrons. The third kappa shape index (κ3) is 5.69. The van der Waals surface area contributed by atoms with E-state index in [9.17, 15) is 31.5 Å². The molecular weight excluding hydrogens is 461 g/mol. The van der Waals surface area contributed by atoms with Gasteiger partial charge in [-0.3, -0.25) is 9.48 Å². The Morgan fingerprint density at radius 2 is 1.85 bits per heavy atom. The minimum atomic E-state index is -4.77. The molecule has 0 aliphatic rings. The van der Waals surface area contributed by atoms with E-state index in [4.69, 9.17) is 5.73 Å². The molecular formula is C21H23F3N4O4S. The summed E-state index contributed by atoms with van der Waals surface area (Å²) in [5.74, 6) is -1.16. The fraction of sp³-hybridized carbons (Fsp3) is 0.381. The standard InChI is InChI=1S/C21H23F3N4O4S/c1-20(2,30)15-10-16-12(11-28(27-16)7-4-8-33(3,31)32)9-14(15)13-5-6-17(21(22,23)24)26-18(13)19(25)29/h5-6,9-11,30H,4,7-8H2,1-3H3,(H2,25,29). The smallest absolute Gasteiger partial charge is 0.386 e. The van der Waals surface area contributed by atoms with Crippen LogP contribution in [0.3, 0.4) is 0 Å². The lowest BCUT2D eigenvalue weighted by Crippen LogP contribution is -2.21. The molecule has 33 heavy (non-hydrogen) atoms. The van der Waals surface area contributed by atoms with Gasteiger partial charge in [0.1, 0.15) is 21.2 Å². The molecule has 0 radical (unpaired) electrons.